The van der Waals surface area contributed by atoms with Crippen molar-refractivity contribution in [1.29, 1.82) is 0 Å². The first-order valence-electron chi connectivity index (χ1n) is 6.64. The molecule has 0 saturated heterocycles. The van der Waals surface area contributed by atoms with Crippen LogP contribution in [0.5, 0.6) is 0 Å². The number of carbonyl (C=O) groups excluding carboxylic acids is 1. The van der Waals surface area contributed by atoms with Gasteiger partial charge in [0.1, 0.15) is 0 Å². The lowest BCUT2D eigenvalue weighted by molar-refractivity contribution is 0.0936. The number of amides is 1. The molecule has 1 aliphatic rings. The normalized spacial score (nSPS) is 23.6. The zero-order valence-electron chi connectivity index (χ0n) is 10.7. The van der Waals surface area contributed by atoms with Gasteiger partial charge in [-0.25, -0.2) is 0 Å². The molecule has 1 aromatic heterocycles. The van der Waals surface area contributed by atoms with Crippen LogP contribution in [0.15, 0.2) is 23.1 Å². The molecule has 98 valence electrons. The van der Waals surface area contributed by atoms with Crippen molar-refractivity contribution in [3.63, 3.8) is 0 Å². The molecule has 1 saturated carbocycles. The van der Waals surface area contributed by atoms with Crippen molar-refractivity contribution in [3.8, 4) is 0 Å². The van der Waals surface area contributed by atoms with Gasteiger partial charge in [0.25, 0.3) is 5.91 Å². The summed E-state index contributed by atoms with van der Waals surface area (Å²) in [5.74, 6) is 1.10. The molecule has 4 heteroatoms. The van der Waals surface area contributed by atoms with Crippen molar-refractivity contribution in [3.05, 3.63) is 34.2 Å². The average Bonchev–Trinajstić information content (AvgIpc) is 2.37. The third-order valence-electron chi connectivity index (χ3n) is 3.85. The molecule has 1 heterocycles. The van der Waals surface area contributed by atoms with Crippen LogP contribution in [-0.2, 0) is 0 Å². The van der Waals surface area contributed by atoms with Crippen LogP contribution >= 0.6 is 0 Å². The number of hydrogen-bond donors (Lipinski definition) is 2. The van der Waals surface area contributed by atoms with E-state index in [9.17, 15) is 9.59 Å². The zero-order chi connectivity index (χ0) is 13.0. The topological polar surface area (TPSA) is 62.0 Å². The summed E-state index contributed by atoms with van der Waals surface area (Å²) in [5.41, 5.74) is 0.191. The molecular formula is C14H20N2O2. The van der Waals surface area contributed by atoms with Gasteiger partial charge in [0.2, 0.25) is 5.56 Å². The lowest BCUT2D eigenvalue weighted by Crippen LogP contribution is -2.33. The van der Waals surface area contributed by atoms with Gasteiger partial charge in [-0.1, -0.05) is 26.2 Å². The zero-order valence-corrected chi connectivity index (χ0v) is 10.7. The van der Waals surface area contributed by atoms with Crippen LogP contribution in [0.2, 0.25) is 0 Å². The van der Waals surface area contributed by atoms with Gasteiger partial charge in [0.05, 0.1) is 0 Å². The second kappa shape index (κ2) is 5.85. The Morgan fingerprint density at radius 2 is 2.22 bits per heavy atom. The second-order valence-corrected chi connectivity index (χ2v) is 5.17. The Bertz CT molecular complexity index is 467. The van der Waals surface area contributed by atoms with Crippen LogP contribution in [0.25, 0.3) is 0 Å². The number of rotatable bonds is 3. The molecule has 0 bridgehead atoms. The van der Waals surface area contributed by atoms with Gasteiger partial charge in [0.15, 0.2) is 0 Å². The summed E-state index contributed by atoms with van der Waals surface area (Å²) in [7, 11) is 0. The van der Waals surface area contributed by atoms with Crippen molar-refractivity contribution >= 4 is 5.91 Å². The van der Waals surface area contributed by atoms with E-state index in [-0.39, 0.29) is 11.5 Å². The van der Waals surface area contributed by atoms with E-state index in [1.807, 2.05) is 0 Å². The van der Waals surface area contributed by atoms with Crippen molar-refractivity contribution in [2.45, 2.75) is 32.6 Å². The number of hydrogen-bond acceptors (Lipinski definition) is 2. The molecule has 1 amide bonds. The molecule has 1 fully saturated rings. The molecule has 0 radical (unpaired) electrons. The third kappa shape index (κ3) is 3.22. The maximum atomic E-state index is 11.9. The number of carbonyl (C=O) groups is 1. The van der Waals surface area contributed by atoms with Crippen LogP contribution in [0.1, 0.15) is 43.0 Å². The second-order valence-electron chi connectivity index (χ2n) is 5.17. The molecule has 0 aliphatic heterocycles. The van der Waals surface area contributed by atoms with Gasteiger partial charge in [-0.05, 0) is 24.3 Å². The predicted octanol–water partition coefficient (Wildman–Crippen LogP) is 1.93. The van der Waals surface area contributed by atoms with E-state index in [4.69, 9.17) is 0 Å². The van der Waals surface area contributed by atoms with Crippen LogP contribution in [0, 0.1) is 11.8 Å². The summed E-state index contributed by atoms with van der Waals surface area (Å²) in [5, 5.41) is 2.93. The van der Waals surface area contributed by atoms with Crippen LogP contribution in [-0.4, -0.2) is 17.4 Å². The van der Waals surface area contributed by atoms with Crippen LogP contribution in [0.3, 0.4) is 0 Å². The summed E-state index contributed by atoms with van der Waals surface area (Å²) < 4.78 is 0. The van der Waals surface area contributed by atoms with Gasteiger partial charge in [-0.2, -0.15) is 0 Å². The van der Waals surface area contributed by atoms with Crippen LogP contribution < -0.4 is 10.9 Å². The number of pyridine rings is 1. The molecule has 0 spiro atoms. The first-order chi connectivity index (χ1) is 8.66. The van der Waals surface area contributed by atoms with Gasteiger partial charge >= 0.3 is 0 Å². The van der Waals surface area contributed by atoms with Gasteiger partial charge in [-0.15, -0.1) is 0 Å². The van der Waals surface area contributed by atoms with Gasteiger partial charge in [-0.3, -0.25) is 9.59 Å². The minimum Gasteiger partial charge on any atom is -0.352 e. The van der Waals surface area contributed by atoms with E-state index in [1.165, 1.54) is 37.9 Å². The summed E-state index contributed by atoms with van der Waals surface area (Å²) in [6.07, 6.45) is 6.51. The quantitative estimate of drug-likeness (QED) is 0.858. The first kappa shape index (κ1) is 12.9. The first-order valence-corrected chi connectivity index (χ1v) is 6.64. The molecular weight excluding hydrogens is 228 g/mol. The summed E-state index contributed by atoms with van der Waals surface area (Å²) in [6.45, 7) is 2.97. The van der Waals surface area contributed by atoms with Gasteiger partial charge in [0, 0.05) is 24.4 Å². The Kier molecular flexibility index (Phi) is 4.18. The average molecular weight is 248 g/mol. The predicted molar refractivity (Wildman–Crippen MR) is 70.5 cm³/mol. The minimum atomic E-state index is -0.242. The largest absolute Gasteiger partial charge is 0.352 e. The highest BCUT2D eigenvalue weighted by molar-refractivity contribution is 5.93. The Hall–Kier alpha value is -1.58. The monoisotopic (exact) mass is 248 g/mol. The van der Waals surface area contributed by atoms with E-state index in [2.05, 4.69) is 17.2 Å². The fourth-order valence-corrected chi connectivity index (χ4v) is 2.61. The maximum absolute atomic E-state index is 11.9. The molecule has 2 atom stereocenters. The molecule has 0 aromatic carbocycles. The molecule has 4 nitrogen and oxygen atoms in total. The molecule has 2 N–H and O–H groups in total. The lowest BCUT2D eigenvalue weighted by Gasteiger charge is -2.28. The number of H-pyrrole nitrogens is 1. The van der Waals surface area contributed by atoms with E-state index in [1.54, 1.807) is 6.07 Å². The fraction of sp³-hybridized carbons (Fsp3) is 0.571. The summed E-state index contributed by atoms with van der Waals surface area (Å²) >= 11 is 0. The summed E-state index contributed by atoms with van der Waals surface area (Å²) in [6, 6.07) is 2.96. The Morgan fingerprint density at radius 1 is 1.44 bits per heavy atom. The van der Waals surface area contributed by atoms with Gasteiger partial charge < -0.3 is 10.3 Å². The third-order valence-corrected chi connectivity index (χ3v) is 3.85. The highest BCUT2D eigenvalue weighted by Crippen LogP contribution is 2.28. The van der Waals surface area contributed by atoms with Crippen molar-refractivity contribution < 1.29 is 4.79 Å². The molecule has 18 heavy (non-hydrogen) atoms. The standard InChI is InChI=1S/C14H20N2O2/c1-10-4-2-3-5-12(10)9-16-14(18)11-6-7-15-13(17)8-11/h6-8,10,12H,2-5,9H2,1H3,(H,15,17)(H,16,18). The Morgan fingerprint density at radius 3 is 2.94 bits per heavy atom. The molecule has 2 unspecified atom stereocenters. The van der Waals surface area contributed by atoms with Crippen LogP contribution in [0.4, 0.5) is 0 Å². The Balaban J connectivity index is 1.90. The SMILES string of the molecule is CC1CCCCC1CNC(=O)c1cc[nH]c(=O)c1. The van der Waals surface area contributed by atoms with Crippen molar-refractivity contribution in [2.75, 3.05) is 6.54 Å². The minimum absolute atomic E-state index is 0.154. The highest BCUT2D eigenvalue weighted by atomic mass is 16.2. The van der Waals surface area contributed by atoms with E-state index in [0.717, 1.165) is 0 Å². The van der Waals surface area contributed by atoms with Crippen molar-refractivity contribution in [2.24, 2.45) is 11.8 Å². The highest BCUT2D eigenvalue weighted by Gasteiger charge is 2.21. The maximum Gasteiger partial charge on any atom is 0.251 e. The summed E-state index contributed by atoms with van der Waals surface area (Å²) in [4.78, 5) is 25.5. The fourth-order valence-electron chi connectivity index (χ4n) is 2.61. The van der Waals surface area contributed by atoms with Crippen molar-refractivity contribution in [1.82, 2.24) is 10.3 Å². The number of aromatic amines is 1. The smallest absolute Gasteiger partial charge is 0.251 e. The molecule has 2 rings (SSSR count). The van der Waals surface area contributed by atoms with E-state index >= 15 is 0 Å². The lowest BCUT2D eigenvalue weighted by atomic mass is 9.80. The number of aromatic nitrogens is 1. The van der Waals surface area contributed by atoms with E-state index in [0.29, 0.717) is 23.9 Å². The molecule has 1 aromatic rings. The number of nitrogens with one attached hydrogen (secondary N) is 2. The molecule has 1 aliphatic carbocycles. The van der Waals surface area contributed by atoms with E-state index < -0.39 is 0 Å². The Labute approximate surface area is 107 Å².